The van der Waals surface area contributed by atoms with Crippen LogP contribution in [0.3, 0.4) is 0 Å². The predicted octanol–water partition coefficient (Wildman–Crippen LogP) is 5.41. The van der Waals surface area contributed by atoms with E-state index >= 15 is 0 Å². The highest BCUT2D eigenvalue weighted by Gasteiger charge is 2.14. The number of thiocarbonyl (C=S) groups is 1. The van der Waals surface area contributed by atoms with Crippen LogP contribution in [0.4, 0.5) is 4.79 Å². The first-order valence-corrected chi connectivity index (χ1v) is 10.6. The topological polar surface area (TPSA) is 90.6 Å². The monoisotopic (exact) mass is 486 g/mol. The molecule has 0 bridgehead atoms. The van der Waals surface area contributed by atoms with E-state index < -0.39 is 0 Å². The van der Waals surface area contributed by atoms with Gasteiger partial charge in [-0.05, 0) is 63.6 Å². The number of hydrogen-bond donors (Lipinski definition) is 2. The number of alkyl carbamates (subject to hydrolysis) is 1. The number of nitrogens with one attached hydrogen (secondary N) is 1. The third kappa shape index (κ3) is 12.8. The van der Waals surface area contributed by atoms with Crippen LogP contribution in [0.25, 0.3) is 0 Å². The average molecular weight is 487 g/mol. The van der Waals surface area contributed by atoms with E-state index in [1.807, 2.05) is 39.8 Å². The molecular formula is C22H28Cl2N2O4S. The molecule has 0 aromatic heterocycles. The van der Waals surface area contributed by atoms with Gasteiger partial charge in [0.05, 0.1) is 10.9 Å². The van der Waals surface area contributed by atoms with E-state index in [0.29, 0.717) is 16.3 Å². The Hall–Kier alpha value is -2.35. The molecule has 0 radical (unpaired) electrons. The van der Waals surface area contributed by atoms with Crippen molar-refractivity contribution in [2.24, 2.45) is 5.73 Å². The third-order valence-corrected chi connectivity index (χ3v) is 3.55. The fourth-order valence-corrected chi connectivity index (χ4v) is 2.12. The first kappa shape index (κ1) is 28.6. The van der Waals surface area contributed by atoms with Crippen molar-refractivity contribution in [3.63, 3.8) is 0 Å². The summed E-state index contributed by atoms with van der Waals surface area (Å²) in [4.78, 5) is 22.8. The van der Waals surface area contributed by atoms with Gasteiger partial charge in [-0.15, -0.1) is 23.2 Å². The van der Waals surface area contributed by atoms with Gasteiger partial charge in [0.15, 0.2) is 0 Å². The van der Waals surface area contributed by atoms with E-state index in [1.165, 1.54) is 7.05 Å². The number of rotatable bonds is 3. The Kier molecular flexibility index (Phi) is 13.5. The van der Waals surface area contributed by atoms with Crippen LogP contribution in [0.1, 0.15) is 42.3 Å². The summed E-state index contributed by atoms with van der Waals surface area (Å²) < 4.78 is 10.1. The molecule has 0 aliphatic heterocycles. The summed E-state index contributed by atoms with van der Waals surface area (Å²) in [7, 11) is 1.54. The molecule has 0 unspecified atom stereocenters. The zero-order valence-corrected chi connectivity index (χ0v) is 20.5. The normalized spacial score (nSPS) is 9.77. The van der Waals surface area contributed by atoms with E-state index in [9.17, 15) is 9.59 Å². The molecule has 0 atom stereocenters. The molecule has 2 aromatic carbocycles. The molecule has 9 heteroatoms. The molecule has 0 spiro atoms. The Morgan fingerprint density at radius 3 is 1.97 bits per heavy atom. The lowest BCUT2D eigenvalue weighted by Crippen LogP contribution is -2.30. The van der Waals surface area contributed by atoms with Crippen molar-refractivity contribution in [1.82, 2.24) is 5.32 Å². The summed E-state index contributed by atoms with van der Waals surface area (Å²) in [6.45, 7) is 7.33. The number of benzene rings is 2. The molecule has 1 amide bonds. The number of amides is 1. The Labute approximate surface area is 199 Å². The largest absolute Gasteiger partial charge is 0.444 e. The first-order chi connectivity index (χ1) is 14.4. The van der Waals surface area contributed by atoms with Crippen LogP contribution in [-0.4, -0.2) is 35.0 Å². The molecule has 0 heterocycles. The van der Waals surface area contributed by atoms with Gasteiger partial charge in [0.2, 0.25) is 0 Å². The summed E-state index contributed by atoms with van der Waals surface area (Å²) in [5.74, 6) is 0.0921. The number of carbonyl (C=O) groups is 2. The van der Waals surface area contributed by atoms with E-state index in [2.05, 4.69) is 5.32 Å². The van der Waals surface area contributed by atoms with Gasteiger partial charge in [-0.3, -0.25) is 0 Å². The fraction of sp³-hybridized carbons (Fsp3) is 0.318. The quantitative estimate of drug-likeness (QED) is 0.260. The maximum absolute atomic E-state index is 12.0. The number of esters is 1. The van der Waals surface area contributed by atoms with Crippen LogP contribution >= 0.6 is 35.4 Å². The van der Waals surface area contributed by atoms with Gasteiger partial charge in [0.25, 0.3) is 0 Å². The van der Waals surface area contributed by atoms with Gasteiger partial charge >= 0.3 is 12.1 Å². The maximum Gasteiger partial charge on any atom is 0.407 e. The second kappa shape index (κ2) is 14.6. The van der Waals surface area contributed by atoms with Crippen molar-refractivity contribution >= 4 is 52.5 Å². The van der Waals surface area contributed by atoms with Crippen molar-refractivity contribution in [2.75, 3.05) is 12.4 Å². The van der Waals surface area contributed by atoms with Crippen LogP contribution in [0.2, 0.25) is 0 Å². The summed E-state index contributed by atoms with van der Waals surface area (Å²) in [5.41, 5.74) is 7.29. The molecule has 0 aliphatic rings. The standard InChI is InChI=1S/C15H13NO2S.C6H13NO2.CH2Cl2/c1-10-4-2-3-5-13(10)15(17)18-12-8-6-11(7-9-12)14(16)19;1-6(2,3)9-5(8)7-4;2-1-3/h2-9H,1H3,(H2,16,19);1-4H3,(H,7,8);1H2. The Morgan fingerprint density at radius 1 is 1.06 bits per heavy atom. The zero-order valence-electron chi connectivity index (χ0n) is 18.2. The lowest BCUT2D eigenvalue weighted by atomic mass is 10.1. The highest BCUT2D eigenvalue weighted by Crippen LogP contribution is 2.16. The van der Waals surface area contributed by atoms with Crippen LogP contribution in [-0.2, 0) is 4.74 Å². The smallest absolute Gasteiger partial charge is 0.407 e. The minimum Gasteiger partial charge on any atom is -0.444 e. The number of alkyl halides is 2. The predicted molar refractivity (Wildman–Crippen MR) is 130 cm³/mol. The Morgan fingerprint density at radius 2 is 1.58 bits per heavy atom. The Balaban J connectivity index is 0.000000631. The van der Waals surface area contributed by atoms with Crippen molar-refractivity contribution in [1.29, 1.82) is 0 Å². The fourth-order valence-electron chi connectivity index (χ4n) is 1.98. The van der Waals surface area contributed by atoms with Gasteiger partial charge < -0.3 is 20.5 Å². The second-order valence-electron chi connectivity index (χ2n) is 6.95. The number of halogens is 2. The molecule has 31 heavy (non-hydrogen) atoms. The lowest BCUT2D eigenvalue weighted by Gasteiger charge is -2.18. The van der Waals surface area contributed by atoms with Crippen molar-refractivity contribution in [2.45, 2.75) is 33.3 Å². The SMILES string of the molecule is CNC(=O)OC(C)(C)C.Cc1ccccc1C(=O)Oc1ccc(C(N)=S)cc1.ClCCl. The molecule has 6 nitrogen and oxygen atoms in total. The highest BCUT2D eigenvalue weighted by atomic mass is 35.5. The first-order valence-electron chi connectivity index (χ1n) is 9.15. The van der Waals surface area contributed by atoms with E-state index in [0.717, 1.165) is 11.1 Å². The van der Waals surface area contributed by atoms with Gasteiger partial charge in [-0.2, -0.15) is 0 Å². The molecular weight excluding hydrogens is 459 g/mol. The van der Waals surface area contributed by atoms with Crippen LogP contribution in [0, 0.1) is 6.92 Å². The molecule has 0 saturated carbocycles. The van der Waals surface area contributed by atoms with Gasteiger partial charge in [-0.25, -0.2) is 9.59 Å². The highest BCUT2D eigenvalue weighted by molar-refractivity contribution is 7.80. The van der Waals surface area contributed by atoms with Crippen molar-refractivity contribution < 1.29 is 19.1 Å². The average Bonchev–Trinajstić information content (AvgIpc) is 2.68. The molecule has 0 aliphatic carbocycles. The minimum atomic E-state index is -0.389. The van der Waals surface area contributed by atoms with Crippen LogP contribution < -0.4 is 15.8 Å². The van der Waals surface area contributed by atoms with E-state index in [-0.39, 0.29) is 23.0 Å². The number of carbonyl (C=O) groups excluding carboxylic acids is 2. The molecule has 0 saturated heterocycles. The molecule has 2 aromatic rings. The van der Waals surface area contributed by atoms with E-state index in [1.54, 1.807) is 36.4 Å². The number of hydrogen-bond acceptors (Lipinski definition) is 5. The summed E-state index contributed by atoms with van der Waals surface area (Å²) in [6, 6.07) is 14.1. The second-order valence-corrected chi connectivity index (χ2v) is 8.19. The van der Waals surface area contributed by atoms with Gasteiger partial charge in [0, 0.05) is 12.6 Å². The van der Waals surface area contributed by atoms with Crippen molar-refractivity contribution in [3.8, 4) is 5.75 Å². The number of ether oxygens (including phenoxy) is 2. The summed E-state index contributed by atoms with van der Waals surface area (Å²) >= 11 is 14.4. The third-order valence-electron chi connectivity index (χ3n) is 3.32. The van der Waals surface area contributed by atoms with Gasteiger partial charge in [-0.1, -0.05) is 30.4 Å². The summed E-state index contributed by atoms with van der Waals surface area (Å²) in [5, 5.41) is 2.55. The summed E-state index contributed by atoms with van der Waals surface area (Å²) in [6.07, 6.45) is -0.387. The van der Waals surface area contributed by atoms with E-state index in [4.69, 9.17) is 50.6 Å². The lowest BCUT2D eigenvalue weighted by molar-refractivity contribution is 0.0541. The van der Waals surface area contributed by atoms with Gasteiger partial charge in [0.1, 0.15) is 16.3 Å². The Bertz CT molecular complexity index is 853. The van der Waals surface area contributed by atoms with Crippen LogP contribution in [0.5, 0.6) is 5.75 Å². The molecule has 0 fully saturated rings. The maximum atomic E-state index is 12.0. The minimum absolute atomic E-state index is 0.194. The van der Waals surface area contributed by atoms with Crippen LogP contribution in [0.15, 0.2) is 48.5 Å². The molecule has 3 N–H and O–H groups in total. The number of nitrogens with two attached hydrogens (primary N) is 1. The van der Waals surface area contributed by atoms with Crippen molar-refractivity contribution in [3.05, 3.63) is 65.2 Å². The molecule has 170 valence electrons. The molecule has 2 rings (SSSR count). The zero-order chi connectivity index (χ0) is 24.0. The number of aryl methyl sites for hydroxylation is 1.